The molecule has 0 aliphatic carbocycles. The highest BCUT2D eigenvalue weighted by Gasteiger charge is 2.16. The first-order valence-electron chi connectivity index (χ1n) is 4.94. The van der Waals surface area contributed by atoms with Crippen molar-refractivity contribution >= 4 is 21.4 Å². The van der Waals surface area contributed by atoms with Crippen LogP contribution < -0.4 is 5.32 Å². The molecule has 0 spiro atoms. The van der Waals surface area contributed by atoms with Crippen molar-refractivity contribution in [3.05, 3.63) is 36.4 Å². The smallest absolute Gasteiger partial charge is 0.293 e. The quantitative estimate of drug-likeness (QED) is 0.839. The van der Waals surface area contributed by atoms with Crippen molar-refractivity contribution in [1.29, 1.82) is 0 Å². The van der Waals surface area contributed by atoms with Gasteiger partial charge in [-0.15, -0.1) is 0 Å². The second kappa shape index (κ2) is 4.57. The Labute approximate surface area is 103 Å². The number of nitrogens with one attached hydrogen (secondary N) is 2. The number of aromatic amines is 1. The maximum atomic E-state index is 11.7. The number of hydrogen-bond donors (Lipinski definition) is 2. The van der Waals surface area contributed by atoms with Gasteiger partial charge in [0.25, 0.3) is 5.91 Å². The zero-order chi connectivity index (χ0) is 13.2. The number of sulfone groups is 1. The number of hydrogen-bond acceptors (Lipinski definition) is 5. The van der Waals surface area contributed by atoms with Gasteiger partial charge in [0, 0.05) is 6.26 Å². The molecule has 2 N–H and O–H groups in total. The molecule has 1 amide bonds. The van der Waals surface area contributed by atoms with E-state index in [1.807, 2.05) is 0 Å². The molecule has 94 valence electrons. The summed E-state index contributed by atoms with van der Waals surface area (Å²) in [5, 5.41) is 8.40. The largest absolute Gasteiger partial charge is 0.318 e. The molecule has 0 aliphatic heterocycles. The number of carbonyl (C=O) groups excluding carboxylic acids is 1. The van der Waals surface area contributed by atoms with E-state index in [2.05, 4.69) is 20.5 Å². The number of para-hydroxylation sites is 1. The van der Waals surface area contributed by atoms with Gasteiger partial charge in [0.2, 0.25) is 5.82 Å². The molecule has 1 aromatic heterocycles. The molecule has 0 fully saturated rings. The molecular weight excluding hydrogens is 256 g/mol. The molecule has 1 aromatic carbocycles. The topological polar surface area (TPSA) is 105 Å². The maximum absolute atomic E-state index is 11.7. The third kappa shape index (κ3) is 2.54. The molecule has 18 heavy (non-hydrogen) atoms. The van der Waals surface area contributed by atoms with Crippen molar-refractivity contribution < 1.29 is 13.2 Å². The second-order valence-electron chi connectivity index (χ2n) is 3.56. The minimum atomic E-state index is -3.41. The van der Waals surface area contributed by atoms with E-state index in [4.69, 9.17) is 0 Å². The van der Waals surface area contributed by atoms with Gasteiger partial charge < -0.3 is 5.32 Å². The summed E-state index contributed by atoms with van der Waals surface area (Å²) in [5.41, 5.74) is 0.210. The molecule has 0 bridgehead atoms. The average Bonchev–Trinajstić information content (AvgIpc) is 2.81. The lowest BCUT2D eigenvalue weighted by Crippen LogP contribution is -2.16. The summed E-state index contributed by atoms with van der Waals surface area (Å²) in [6.07, 6.45) is 2.27. The van der Waals surface area contributed by atoms with Crippen LogP contribution in [0.2, 0.25) is 0 Å². The summed E-state index contributed by atoms with van der Waals surface area (Å²) in [6, 6.07) is 6.14. The predicted octanol–water partition coefficient (Wildman–Crippen LogP) is 0.461. The normalized spacial score (nSPS) is 11.2. The average molecular weight is 266 g/mol. The zero-order valence-corrected chi connectivity index (χ0v) is 10.2. The Morgan fingerprint density at radius 2 is 2.06 bits per heavy atom. The van der Waals surface area contributed by atoms with Gasteiger partial charge >= 0.3 is 0 Å². The third-order valence-electron chi connectivity index (χ3n) is 2.16. The lowest BCUT2D eigenvalue weighted by molar-refractivity contribution is 0.101. The second-order valence-corrected chi connectivity index (χ2v) is 5.54. The Balaban J connectivity index is 2.33. The standard InChI is InChI=1S/C10H10N4O3S/c1-18(16,17)8-5-3-2-4-7(8)13-10(15)9-11-6-12-14-9/h2-6H,1H3,(H,13,15)(H,11,12,14). The fourth-order valence-corrected chi connectivity index (χ4v) is 2.23. The lowest BCUT2D eigenvalue weighted by Gasteiger charge is -2.07. The monoisotopic (exact) mass is 266 g/mol. The van der Waals surface area contributed by atoms with E-state index < -0.39 is 15.7 Å². The molecule has 2 rings (SSSR count). The fourth-order valence-electron chi connectivity index (χ4n) is 1.39. The van der Waals surface area contributed by atoms with Gasteiger partial charge in [0.1, 0.15) is 6.33 Å². The summed E-state index contributed by atoms with van der Waals surface area (Å²) in [6.45, 7) is 0. The van der Waals surface area contributed by atoms with E-state index >= 15 is 0 Å². The Hall–Kier alpha value is -2.22. The molecule has 8 heteroatoms. The molecule has 1 heterocycles. The highest BCUT2D eigenvalue weighted by atomic mass is 32.2. The maximum Gasteiger partial charge on any atom is 0.293 e. The van der Waals surface area contributed by atoms with E-state index in [0.29, 0.717) is 0 Å². The van der Waals surface area contributed by atoms with Crippen molar-refractivity contribution in [3.8, 4) is 0 Å². The first-order valence-corrected chi connectivity index (χ1v) is 6.83. The van der Waals surface area contributed by atoms with Crippen LogP contribution in [0.4, 0.5) is 5.69 Å². The van der Waals surface area contributed by atoms with Crippen LogP contribution in [0.3, 0.4) is 0 Å². The van der Waals surface area contributed by atoms with Crippen LogP contribution in [0.15, 0.2) is 35.5 Å². The van der Waals surface area contributed by atoms with Gasteiger partial charge in [-0.05, 0) is 12.1 Å². The summed E-state index contributed by atoms with van der Waals surface area (Å²) >= 11 is 0. The first kappa shape index (κ1) is 12.2. The number of amides is 1. The first-order chi connectivity index (χ1) is 8.48. The van der Waals surface area contributed by atoms with Crippen LogP contribution >= 0.6 is 0 Å². The number of benzene rings is 1. The van der Waals surface area contributed by atoms with E-state index in [0.717, 1.165) is 6.26 Å². The van der Waals surface area contributed by atoms with Gasteiger partial charge in [-0.3, -0.25) is 9.89 Å². The molecule has 0 radical (unpaired) electrons. The number of carbonyl (C=O) groups is 1. The number of aromatic nitrogens is 3. The number of anilines is 1. The van der Waals surface area contributed by atoms with Crippen molar-refractivity contribution in [2.45, 2.75) is 4.90 Å². The van der Waals surface area contributed by atoms with Crippen LogP contribution in [0.1, 0.15) is 10.6 Å². The molecule has 7 nitrogen and oxygen atoms in total. The molecule has 0 atom stereocenters. The van der Waals surface area contributed by atoms with Crippen LogP contribution in [-0.2, 0) is 9.84 Å². The minimum absolute atomic E-state index is 0.0123. The molecular formula is C10H10N4O3S. The Kier molecular flexibility index (Phi) is 3.11. The van der Waals surface area contributed by atoms with Crippen LogP contribution in [0, 0.1) is 0 Å². The SMILES string of the molecule is CS(=O)(=O)c1ccccc1NC(=O)c1ncn[nH]1. The Morgan fingerprint density at radius 3 is 2.67 bits per heavy atom. The van der Waals surface area contributed by atoms with Crippen molar-refractivity contribution in [2.24, 2.45) is 0 Å². The predicted molar refractivity (Wildman–Crippen MR) is 63.9 cm³/mol. The molecule has 0 aliphatic rings. The van der Waals surface area contributed by atoms with E-state index in [9.17, 15) is 13.2 Å². The lowest BCUT2D eigenvalue weighted by atomic mass is 10.3. The summed E-state index contributed by atoms with van der Waals surface area (Å²) < 4.78 is 23.1. The third-order valence-corrected chi connectivity index (χ3v) is 3.32. The van der Waals surface area contributed by atoms with Crippen LogP contribution in [-0.4, -0.2) is 35.8 Å². The van der Waals surface area contributed by atoms with Gasteiger partial charge in [0.05, 0.1) is 10.6 Å². The van der Waals surface area contributed by atoms with Gasteiger partial charge in [-0.2, -0.15) is 5.10 Å². The van der Waals surface area contributed by atoms with Gasteiger partial charge in [-0.1, -0.05) is 12.1 Å². The van der Waals surface area contributed by atoms with E-state index in [1.165, 1.54) is 18.5 Å². The van der Waals surface area contributed by atoms with Crippen molar-refractivity contribution in [2.75, 3.05) is 11.6 Å². The fraction of sp³-hybridized carbons (Fsp3) is 0.100. The summed E-state index contributed by atoms with van der Waals surface area (Å²) in [7, 11) is -3.41. The van der Waals surface area contributed by atoms with Gasteiger partial charge in [-0.25, -0.2) is 13.4 Å². The highest BCUT2D eigenvalue weighted by Crippen LogP contribution is 2.20. The van der Waals surface area contributed by atoms with Gasteiger partial charge in [0.15, 0.2) is 9.84 Å². The highest BCUT2D eigenvalue weighted by molar-refractivity contribution is 7.90. The Bertz CT molecular complexity index is 664. The minimum Gasteiger partial charge on any atom is -0.318 e. The zero-order valence-electron chi connectivity index (χ0n) is 9.41. The molecule has 0 unspecified atom stereocenters. The van der Waals surface area contributed by atoms with Crippen molar-refractivity contribution in [1.82, 2.24) is 15.2 Å². The summed E-state index contributed by atoms with van der Waals surface area (Å²) in [5.74, 6) is -0.540. The van der Waals surface area contributed by atoms with Crippen LogP contribution in [0.25, 0.3) is 0 Å². The van der Waals surface area contributed by atoms with Crippen LogP contribution in [0.5, 0.6) is 0 Å². The number of H-pyrrole nitrogens is 1. The molecule has 0 saturated heterocycles. The Morgan fingerprint density at radius 1 is 1.33 bits per heavy atom. The number of rotatable bonds is 3. The summed E-state index contributed by atoms with van der Waals surface area (Å²) in [4.78, 5) is 15.4. The molecule has 2 aromatic rings. The van der Waals surface area contributed by atoms with E-state index in [-0.39, 0.29) is 16.4 Å². The van der Waals surface area contributed by atoms with Crippen molar-refractivity contribution in [3.63, 3.8) is 0 Å². The number of nitrogens with zero attached hydrogens (tertiary/aromatic N) is 2. The van der Waals surface area contributed by atoms with E-state index in [1.54, 1.807) is 12.1 Å². The molecule has 0 saturated carbocycles.